The standard InChI is InChI=1S/C12H34N8/c1-7-10-16-19(15-8-2)20(17(5)6)18(9-3)11-12(13)14-4/h12,14-16H,7-11,13H2,1-6H3. The molecule has 0 saturated carbocycles. The van der Waals surface area contributed by atoms with Crippen LogP contribution in [0.5, 0.6) is 0 Å². The number of rotatable bonds is 12. The molecule has 0 aliphatic carbocycles. The fourth-order valence-electron chi connectivity index (χ4n) is 1.76. The van der Waals surface area contributed by atoms with E-state index in [1.807, 2.05) is 36.6 Å². The average Bonchev–Trinajstić information content (AvgIpc) is 2.43. The van der Waals surface area contributed by atoms with E-state index in [0.717, 1.165) is 26.1 Å². The molecule has 20 heavy (non-hydrogen) atoms. The van der Waals surface area contributed by atoms with Gasteiger partial charge in [0.1, 0.15) is 0 Å². The second-order valence-electron chi connectivity index (χ2n) is 4.75. The number of nitrogens with two attached hydrogens (primary N) is 1. The van der Waals surface area contributed by atoms with E-state index in [-0.39, 0.29) is 6.17 Å². The molecule has 0 aromatic carbocycles. The van der Waals surface area contributed by atoms with Gasteiger partial charge in [0.05, 0.1) is 6.17 Å². The van der Waals surface area contributed by atoms with Crippen molar-refractivity contribution in [2.75, 3.05) is 47.3 Å². The van der Waals surface area contributed by atoms with Gasteiger partial charge in [0, 0.05) is 40.3 Å². The molecule has 0 aliphatic rings. The van der Waals surface area contributed by atoms with Crippen LogP contribution in [0.3, 0.4) is 0 Å². The van der Waals surface area contributed by atoms with Crippen LogP contribution < -0.4 is 21.9 Å². The summed E-state index contributed by atoms with van der Waals surface area (Å²) >= 11 is 0. The maximum atomic E-state index is 6.00. The van der Waals surface area contributed by atoms with E-state index >= 15 is 0 Å². The zero-order chi connectivity index (χ0) is 15.5. The van der Waals surface area contributed by atoms with Crippen LogP contribution in [0.2, 0.25) is 0 Å². The molecule has 0 aromatic heterocycles. The van der Waals surface area contributed by atoms with Crippen LogP contribution in [0.15, 0.2) is 0 Å². The molecule has 0 saturated heterocycles. The van der Waals surface area contributed by atoms with E-state index in [2.05, 4.69) is 41.9 Å². The largest absolute Gasteiger partial charge is 0.315 e. The van der Waals surface area contributed by atoms with Crippen molar-refractivity contribution in [3.63, 3.8) is 0 Å². The van der Waals surface area contributed by atoms with Crippen molar-refractivity contribution in [1.82, 2.24) is 36.6 Å². The number of nitrogens with zero attached hydrogens (tertiary/aromatic N) is 4. The van der Waals surface area contributed by atoms with Gasteiger partial charge in [-0.05, 0) is 13.5 Å². The molecule has 0 bridgehead atoms. The Hall–Kier alpha value is -0.320. The summed E-state index contributed by atoms with van der Waals surface area (Å²) in [4.78, 5) is 0. The average molecular weight is 290 g/mol. The number of nitrogens with one attached hydrogen (secondary N) is 3. The summed E-state index contributed by atoms with van der Waals surface area (Å²) in [5.41, 5.74) is 12.7. The highest BCUT2D eigenvalue weighted by atomic mass is 16.2. The van der Waals surface area contributed by atoms with E-state index in [0.29, 0.717) is 6.54 Å². The summed E-state index contributed by atoms with van der Waals surface area (Å²) in [5.74, 6) is 0. The first-order chi connectivity index (χ1) is 9.51. The molecule has 8 nitrogen and oxygen atoms in total. The lowest BCUT2D eigenvalue weighted by atomic mass is 10.5. The van der Waals surface area contributed by atoms with E-state index in [1.54, 1.807) is 0 Å². The second-order valence-corrected chi connectivity index (χ2v) is 4.75. The van der Waals surface area contributed by atoms with Gasteiger partial charge < -0.3 is 11.1 Å². The van der Waals surface area contributed by atoms with Gasteiger partial charge in [-0.15, -0.1) is 0 Å². The summed E-state index contributed by atoms with van der Waals surface area (Å²) in [6.45, 7) is 9.62. The predicted molar refractivity (Wildman–Crippen MR) is 83.6 cm³/mol. The lowest BCUT2D eigenvalue weighted by molar-refractivity contribution is -0.330. The van der Waals surface area contributed by atoms with Gasteiger partial charge in [0.15, 0.2) is 0 Å². The molecular formula is C12H34N8. The van der Waals surface area contributed by atoms with Gasteiger partial charge in [-0.2, -0.15) is 0 Å². The van der Waals surface area contributed by atoms with Crippen LogP contribution in [-0.4, -0.2) is 74.0 Å². The molecule has 0 heterocycles. The summed E-state index contributed by atoms with van der Waals surface area (Å²) in [7, 11) is 5.88. The molecule has 0 radical (unpaired) electrons. The third-order valence-corrected chi connectivity index (χ3v) is 2.75. The minimum atomic E-state index is -0.0768. The van der Waals surface area contributed by atoms with Crippen molar-refractivity contribution < 1.29 is 0 Å². The molecule has 0 aliphatic heterocycles. The Morgan fingerprint density at radius 2 is 1.75 bits per heavy atom. The maximum Gasteiger partial charge on any atom is 0.0690 e. The number of likely N-dealkylation sites (N-methyl/N-ethyl adjacent to an activating group) is 2. The smallest absolute Gasteiger partial charge is 0.0690 e. The van der Waals surface area contributed by atoms with Gasteiger partial charge >= 0.3 is 0 Å². The van der Waals surface area contributed by atoms with Crippen LogP contribution in [-0.2, 0) is 0 Å². The molecule has 1 unspecified atom stereocenters. The van der Waals surface area contributed by atoms with E-state index in [1.165, 1.54) is 0 Å². The fraction of sp³-hybridized carbons (Fsp3) is 1.00. The van der Waals surface area contributed by atoms with Gasteiger partial charge in [-0.25, -0.2) is 20.9 Å². The van der Waals surface area contributed by atoms with Gasteiger partial charge in [-0.1, -0.05) is 31.2 Å². The zero-order valence-corrected chi connectivity index (χ0v) is 14.0. The molecule has 5 N–H and O–H groups in total. The number of hydrazine groups is 5. The van der Waals surface area contributed by atoms with Crippen molar-refractivity contribution in [1.29, 1.82) is 0 Å². The van der Waals surface area contributed by atoms with Gasteiger partial charge in [-0.3, -0.25) is 0 Å². The minimum Gasteiger partial charge on any atom is -0.315 e. The lowest BCUT2D eigenvalue weighted by Gasteiger charge is -2.45. The first kappa shape index (κ1) is 19.7. The molecule has 0 spiro atoms. The normalized spacial score (nSPS) is 13.9. The highest BCUT2D eigenvalue weighted by Crippen LogP contribution is 2.03. The molecule has 0 rings (SSSR count). The summed E-state index contributed by atoms with van der Waals surface area (Å²) in [5, 5.41) is 11.2. The Balaban J connectivity index is 4.91. The first-order valence-corrected chi connectivity index (χ1v) is 7.43. The van der Waals surface area contributed by atoms with Crippen molar-refractivity contribution in [3.05, 3.63) is 0 Å². The predicted octanol–water partition coefficient (Wildman–Crippen LogP) is -0.838. The van der Waals surface area contributed by atoms with E-state index in [4.69, 9.17) is 5.73 Å². The monoisotopic (exact) mass is 290 g/mol. The highest BCUT2D eigenvalue weighted by Gasteiger charge is 2.24. The Morgan fingerprint density at radius 1 is 1.10 bits per heavy atom. The topological polar surface area (TPSA) is 75.1 Å². The molecular weight excluding hydrogens is 256 g/mol. The van der Waals surface area contributed by atoms with Gasteiger partial charge in [0.25, 0.3) is 0 Å². The summed E-state index contributed by atoms with van der Waals surface area (Å²) < 4.78 is 0. The van der Waals surface area contributed by atoms with Crippen LogP contribution >= 0.6 is 0 Å². The third-order valence-electron chi connectivity index (χ3n) is 2.75. The van der Waals surface area contributed by atoms with Crippen LogP contribution in [0.25, 0.3) is 0 Å². The zero-order valence-electron chi connectivity index (χ0n) is 14.0. The van der Waals surface area contributed by atoms with Crippen LogP contribution in [0.4, 0.5) is 0 Å². The fourth-order valence-corrected chi connectivity index (χ4v) is 1.76. The second kappa shape index (κ2) is 11.4. The van der Waals surface area contributed by atoms with Crippen LogP contribution in [0, 0.1) is 0 Å². The van der Waals surface area contributed by atoms with Gasteiger partial charge in [0.2, 0.25) is 0 Å². The van der Waals surface area contributed by atoms with Crippen molar-refractivity contribution >= 4 is 0 Å². The van der Waals surface area contributed by atoms with Crippen molar-refractivity contribution in [3.8, 4) is 0 Å². The van der Waals surface area contributed by atoms with Crippen LogP contribution in [0.1, 0.15) is 27.2 Å². The Morgan fingerprint density at radius 3 is 2.15 bits per heavy atom. The number of hydrogen-bond acceptors (Lipinski definition) is 8. The molecule has 0 amide bonds. The third kappa shape index (κ3) is 6.91. The highest BCUT2D eigenvalue weighted by molar-refractivity contribution is 4.60. The van der Waals surface area contributed by atoms with E-state index in [9.17, 15) is 0 Å². The molecule has 1 atom stereocenters. The summed E-state index contributed by atoms with van der Waals surface area (Å²) in [6, 6.07) is 0. The maximum absolute atomic E-state index is 6.00. The molecule has 0 fully saturated rings. The van der Waals surface area contributed by atoms with E-state index < -0.39 is 0 Å². The quantitative estimate of drug-likeness (QED) is 0.274. The minimum absolute atomic E-state index is 0.0768. The summed E-state index contributed by atoms with van der Waals surface area (Å²) in [6.07, 6.45) is 0.984. The van der Waals surface area contributed by atoms with Crippen molar-refractivity contribution in [2.45, 2.75) is 33.4 Å². The molecule has 8 heteroatoms. The SMILES string of the molecule is CCCNN(NCC)N(N(C)C)N(CC)CC(N)NC. The Bertz CT molecular complexity index is 224. The number of hydrogen-bond donors (Lipinski definition) is 4. The first-order valence-electron chi connectivity index (χ1n) is 7.43. The Labute approximate surface area is 124 Å². The lowest BCUT2D eigenvalue weighted by Crippen LogP contribution is -2.69. The molecule has 122 valence electrons. The Kier molecular flexibility index (Phi) is 11.2. The van der Waals surface area contributed by atoms with Crippen molar-refractivity contribution in [2.24, 2.45) is 5.73 Å². The molecule has 0 aromatic rings.